The second-order valence-electron chi connectivity index (χ2n) is 4.33. The standard InChI is InChI=1S/C11H12ClNO3/c12-8-9(14)6(11(13)2-1-3-11)4-7-10(8)16-5-15-7/h4,14H,1-3,5,13H2. The third-order valence-electron chi connectivity index (χ3n) is 3.36. The fourth-order valence-electron chi connectivity index (χ4n) is 2.20. The van der Waals surface area contributed by atoms with Crippen LogP contribution in [0.1, 0.15) is 24.8 Å². The van der Waals surface area contributed by atoms with Crippen molar-refractivity contribution in [2.45, 2.75) is 24.8 Å². The summed E-state index contributed by atoms with van der Waals surface area (Å²) in [6, 6.07) is 1.74. The first-order valence-corrected chi connectivity index (χ1v) is 5.60. The van der Waals surface area contributed by atoms with E-state index in [9.17, 15) is 5.11 Å². The Bertz CT molecular complexity index is 457. The monoisotopic (exact) mass is 241 g/mol. The highest BCUT2D eigenvalue weighted by molar-refractivity contribution is 6.34. The number of rotatable bonds is 1. The van der Waals surface area contributed by atoms with Crippen molar-refractivity contribution in [3.63, 3.8) is 0 Å². The molecule has 1 aliphatic carbocycles. The largest absolute Gasteiger partial charge is 0.506 e. The maximum atomic E-state index is 10.0. The normalized spacial score (nSPS) is 20.6. The molecule has 86 valence electrons. The van der Waals surface area contributed by atoms with Gasteiger partial charge in [-0.2, -0.15) is 0 Å². The molecule has 0 spiro atoms. The highest BCUT2D eigenvalue weighted by atomic mass is 35.5. The Morgan fingerprint density at radius 2 is 2.12 bits per heavy atom. The molecule has 5 heteroatoms. The van der Waals surface area contributed by atoms with Gasteiger partial charge in [-0.1, -0.05) is 11.6 Å². The minimum Gasteiger partial charge on any atom is -0.506 e. The van der Waals surface area contributed by atoms with Crippen molar-refractivity contribution < 1.29 is 14.6 Å². The molecular weight excluding hydrogens is 230 g/mol. The van der Waals surface area contributed by atoms with Crippen LogP contribution in [0.2, 0.25) is 5.02 Å². The Morgan fingerprint density at radius 1 is 1.38 bits per heavy atom. The topological polar surface area (TPSA) is 64.7 Å². The van der Waals surface area contributed by atoms with E-state index in [-0.39, 0.29) is 17.6 Å². The molecule has 0 bridgehead atoms. The summed E-state index contributed by atoms with van der Waals surface area (Å²) in [5.41, 5.74) is 6.37. The summed E-state index contributed by atoms with van der Waals surface area (Å²) in [5, 5.41) is 10.2. The van der Waals surface area contributed by atoms with Crippen LogP contribution in [0.5, 0.6) is 17.2 Å². The SMILES string of the molecule is NC1(c2cc3c(c(Cl)c2O)OCO3)CCC1. The van der Waals surface area contributed by atoms with Crippen LogP contribution in [0.4, 0.5) is 0 Å². The molecule has 16 heavy (non-hydrogen) atoms. The Balaban J connectivity index is 2.16. The summed E-state index contributed by atoms with van der Waals surface area (Å²) < 4.78 is 10.4. The van der Waals surface area contributed by atoms with Gasteiger partial charge in [0.15, 0.2) is 11.5 Å². The van der Waals surface area contributed by atoms with Gasteiger partial charge in [0.2, 0.25) is 6.79 Å². The van der Waals surface area contributed by atoms with Crippen molar-refractivity contribution in [1.82, 2.24) is 0 Å². The quantitative estimate of drug-likeness (QED) is 0.791. The van der Waals surface area contributed by atoms with Crippen LogP contribution < -0.4 is 15.2 Å². The Hall–Kier alpha value is -1.13. The maximum absolute atomic E-state index is 10.0. The highest BCUT2D eigenvalue weighted by Gasteiger charge is 2.39. The molecule has 0 radical (unpaired) electrons. The maximum Gasteiger partial charge on any atom is 0.231 e. The van der Waals surface area contributed by atoms with Crippen LogP contribution in [0.25, 0.3) is 0 Å². The van der Waals surface area contributed by atoms with Crippen molar-refractivity contribution in [1.29, 1.82) is 0 Å². The summed E-state index contributed by atoms with van der Waals surface area (Å²) in [6.07, 6.45) is 2.79. The van der Waals surface area contributed by atoms with Gasteiger partial charge in [0.25, 0.3) is 0 Å². The van der Waals surface area contributed by atoms with Crippen molar-refractivity contribution >= 4 is 11.6 Å². The minimum absolute atomic E-state index is 0.0214. The average molecular weight is 242 g/mol. The van der Waals surface area contributed by atoms with Gasteiger partial charge in [0.05, 0.1) is 0 Å². The van der Waals surface area contributed by atoms with Gasteiger partial charge in [-0.05, 0) is 25.3 Å². The minimum atomic E-state index is -0.464. The summed E-state index contributed by atoms with van der Waals surface area (Å²) in [7, 11) is 0. The van der Waals surface area contributed by atoms with Crippen LogP contribution in [0, 0.1) is 0 Å². The Labute approximate surface area is 97.9 Å². The molecule has 0 amide bonds. The zero-order chi connectivity index (χ0) is 11.3. The molecule has 0 aromatic heterocycles. The fourth-order valence-corrected chi connectivity index (χ4v) is 2.45. The molecule has 1 aromatic rings. The van der Waals surface area contributed by atoms with E-state index in [1.165, 1.54) is 0 Å². The lowest BCUT2D eigenvalue weighted by Crippen LogP contribution is -2.43. The van der Waals surface area contributed by atoms with E-state index in [4.69, 9.17) is 26.8 Å². The molecule has 3 N–H and O–H groups in total. The zero-order valence-corrected chi connectivity index (χ0v) is 9.38. The summed E-state index contributed by atoms with van der Waals surface area (Å²) >= 11 is 6.02. The van der Waals surface area contributed by atoms with Crippen molar-refractivity contribution in [2.24, 2.45) is 5.73 Å². The molecule has 3 rings (SSSR count). The lowest BCUT2D eigenvalue weighted by molar-refractivity contribution is 0.173. The van der Waals surface area contributed by atoms with Crippen LogP contribution in [0.15, 0.2) is 6.07 Å². The lowest BCUT2D eigenvalue weighted by Gasteiger charge is -2.39. The first-order valence-electron chi connectivity index (χ1n) is 5.22. The Morgan fingerprint density at radius 3 is 2.75 bits per heavy atom. The van der Waals surface area contributed by atoms with Gasteiger partial charge in [0.1, 0.15) is 10.8 Å². The van der Waals surface area contributed by atoms with Crippen LogP contribution >= 0.6 is 11.6 Å². The molecule has 2 aliphatic rings. The second-order valence-corrected chi connectivity index (χ2v) is 4.71. The van der Waals surface area contributed by atoms with Gasteiger partial charge in [-0.25, -0.2) is 0 Å². The first-order chi connectivity index (χ1) is 7.62. The Kier molecular flexibility index (Phi) is 2.00. The van der Waals surface area contributed by atoms with E-state index < -0.39 is 5.54 Å². The number of phenols is 1. The molecular formula is C11H12ClNO3. The number of nitrogens with two attached hydrogens (primary N) is 1. The van der Waals surface area contributed by atoms with E-state index in [0.717, 1.165) is 19.3 Å². The molecule has 1 heterocycles. The molecule has 1 saturated carbocycles. The van der Waals surface area contributed by atoms with E-state index in [1.54, 1.807) is 6.07 Å². The predicted molar refractivity (Wildman–Crippen MR) is 59.0 cm³/mol. The third-order valence-corrected chi connectivity index (χ3v) is 3.71. The highest BCUT2D eigenvalue weighted by Crippen LogP contribution is 2.52. The van der Waals surface area contributed by atoms with Gasteiger partial charge >= 0.3 is 0 Å². The summed E-state index contributed by atoms with van der Waals surface area (Å²) in [4.78, 5) is 0. The average Bonchev–Trinajstić information content (AvgIpc) is 2.68. The molecule has 0 atom stereocenters. The van der Waals surface area contributed by atoms with Crippen LogP contribution in [-0.4, -0.2) is 11.9 Å². The van der Waals surface area contributed by atoms with E-state index >= 15 is 0 Å². The number of halogens is 1. The van der Waals surface area contributed by atoms with Gasteiger partial charge in [-0.3, -0.25) is 0 Å². The summed E-state index contributed by atoms with van der Waals surface area (Å²) in [6.45, 7) is 0.134. The number of ether oxygens (including phenoxy) is 2. The number of benzene rings is 1. The zero-order valence-electron chi connectivity index (χ0n) is 8.62. The van der Waals surface area contributed by atoms with E-state index in [0.29, 0.717) is 17.1 Å². The van der Waals surface area contributed by atoms with Crippen molar-refractivity contribution in [3.05, 3.63) is 16.7 Å². The van der Waals surface area contributed by atoms with Crippen LogP contribution in [-0.2, 0) is 5.54 Å². The third kappa shape index (κ3) is 1.20. The molecule has 1 fully saturated rings. The number of aromatic hydroxyl groups is 1. The van der Waals surface area contributed by atoms with Gasteiger partial charge in [-0.15, -0.1) is 0 Å². The molecule has 4 nitrogen and oxygen atoms in total. The van der Waals surface area contributed by atoms with Gasteiger partial charge < -0.3 is 20.3 Å². The van der Waals surface area contributed by atoms with E-state index in [2.05, 4.69) is 0 Å². The second kappa shape index (κ2) is 3.18. The number of phenolic OH excluding ortho intramolecular Hbond substituents is 1. The molecule has 1 aliphatic heterocycles. The fraction of sp³-hybridized carbons (Fsp3) is 0.455. The first kappa shape index (κ1) is 10.1. The number of hydrogen-bond acceptors (Lipinski definition) is 4. The van der Waals surface area contributed by atoms with Gasteiger partial charge in [0, 0.05) is 11.1 Å². The lowest BCUT2D eigenvalue weighted by atomic mass is 9.72. The smallest absolute Gasteiger partial charge is 0.231 e. The summed E-state index contributed by atoms with van der Waals surface area (Å²) in [5.74, 6) is 0.994. The number of fused-ring (bicyclic) bond motifs is 1. The molecule has 1 aromatic carbocycles. The predicted octanol–water partition coefficient (Wildman–Crippen LogP) is 2.11. The van der Waals surface area contributed by atoms with Crippen molar-refractivity contribution in [2.75, 3.05) is 6.79 Å². The molecule has 0 saturated heterocycles. The van der Waals surface area contributed by atoms with Crippen molar-refractivity contribution in [3.8, 4) is 17.2 Å². The van der Waals surface area contributed by atoms with E-state index in [1.807, 2.05) is 0 Å². The number of hydrogen-bond donors (Lipinski definition) is 2. The molecule has 0 unspecified atom stereocenters. The van der Waals surface area contributed by atoms with Crippen LogP contribution in [0.3, 0.4) is 0 Å².